The summed E-state index contributed by atoms with van der Waals surface area (Å²) in [5, 5.41) is 12.6. The molecule has 134 valence electrons. The minimum Gasteiger partial charge on any atom is -0.421 e. The summed E-state index contributed by atoms with van der Waals surface area (Å²) in [6, 6.07) is 6.21. The first-order valence-electron chi connectivity index (χ1n) is 8.08. The number of rotatable bonds is 6. The average molecular weight is 348 g/mol. The fourth-order valence-electron chi connectivity index (χ4n) is 2.61. The number of para-hydroxylation sites is 1. The molecule has 1 aliphatic rings. The molecule has 0 aliphatic carbocycles. The van der Waals surface area contributed by atoms with Gasteiger partial charge in [0.25, 0.3) is 0 Å². The number of hydrogen-bond donors (Lipinski definition) is 2. The molecule has 0 radical (unpaired) electrons. The molecule has 0 bridgehead atoms. The fourth-order valence-corrected chi connectivity index (χ4v) is 2.61. The van der Waals surface area contributed by atoms with Crippen LogP contribution < -0.4 is 10.1 Å². The minimum absolute atomic E-state index is 0.0901. The molecule has 1 aromatic carbocycles. The van der Waals surface area contributed by atoms with Crippen molar-refractivity contribution in [2.45, 2.75) is 18.9 Å². The largest absolute Gasteiger partial charge is 0.421 e. The van der Waals surface area contributed by atoms with Crippen LogP contribution in [0.4, 0.5) is 4.39 Å². The Balaban J connectivity index is 1.58. The molecule has 7 nitrogen and oxygen atoms in total. The van der Waals surface area contributed by atoms with Crippen molar-refractivity contribution in [1.29, 1.82) is 0 Å². The van der Waals surface area contributed by atoms with E-state index in [1.54, 1.807) is 31.6 Å². The number of hydrogen-bond acceptors (Lipinski definition) is 7. The van der Waals surface area contributed by atoms with E-state index < -0.39 is 12.0 Å². The second-order valence-corrected chi connectivity index (χ2v) is 5.78. The summed E-state index contributed by atoms with van der Waals surface area (Å²) in [5.74, 6) is -0.370. The summed E-state index contributed by atoms with van der Waals surface area (Å²) in [7, 11) is 1.69. The topological polar surface area (TPSA) is 79.7 Å². The SMILES string of the molecule is CNC(O)[C@@H]1CN(Cc2cnc(Oc3ccccc3F)nc2)CCO1. The zero-order valence-corrected chi connectivity index (χ0v) is 13.9. The van der Waals surface area contributed by atoms with Gasteiger partial charge in [-0.25, -0.2) is 14.4 Å². The summed E-state index contributed by atoms with van der Waals surface area (Å²) in [4.78, 5) is 10.4. The van der Waals surface area contributed by atoms with Crippen molar-refractivity contribution in [3.8, 4) is 11.8 Å². The van der Waals surface area contributed by atoms with Gasteiger partial charge in [0, 0.05) is 37.6 Å². The van der Waals surface area contributed by atoms with Gasteiger partial charge in [0.05, 0.1) is 6.61 Å². The monoisotopic (exact) mass is 348 g/mol. The van der Waals surface area contributed by atoms with E-state index in [4.69, 9.17) is 9.47 Å². The summed E-state index contributed by atoms with van der Waals surface area (Å²) in [5.41, 5.74) is 0.903. The highest BCUT2D eigenvalue weighted by Gasteiger charge is 2.25. The van der Waals surface area contributed by atoms with Crippen LogP contribution in [0.1, 0.15) is 5.56 Å². The van der Waals surface area contributed by atoms with E-state index in [-0.39, 0.29) is 17.9 Å². The van der Waals surface area contributed by atoms with Crippen molar-refractivity contribution >= 4 is 0 Å². The Labute approximate surface area is 145 Å². The van der Waals surface area contributed by atoms with E-state index in [9.17, 15) is 9.50 Å². The molecule has 2 N–H and O–H groups in total. The molecular weight excluding hydrogens is 327 g/mol. The minimum atomic E-state index is -0.699. The van der Waals surface area contributed by atoms with Crippen LogP contribution >= 0.6 is 0 Å². The standard InChI is InChI=1S/C17H21FN4O3/c1-19-16(23)15-11-22(6-7-24-15)10-12-8-20-17(21-9-12)25-14-5-3-2-4-13(14)18/h2-5,8-9,15-16,19,23H,6-7,10-11H2,1H3/t15-,16?/m0/s1. The third-order valence-electron chi connectivity index (χ3n) is 3.95. The molecule has 2 aromatic rings. The van der Waals surface area contributed by atoms with Gasteiger partial charge in [-0.1, -0.05) is 12.1 Å². The molecule has 0 saturated carbocycles. The third-order valence-corrected chi connectivity index (χ3v) is 3.95. The molecule has 1 aromatic heterocycles. The highest BCUT2D eigenvalue weighted by molar-refractivity contribution is 5.26. The number of nitrogens with zero attached hydrogens (tertiary/aromatic N) is 3. The third kappa shape index (κ3) is 4.70. The van der Waals surface area contributed by atoms with Gasteiger partial charge in [0.2, 0.25) is 0 Å². The maximum atomic E-state index is 13.6. The van der Waals surface area contributed by atoms with E-state index in [1.165, 1.54) is 12.1 Å². The van der Waals surface area contributed by atoms with Gasteiger partial charge in [-0.3, -0.25) is 10.2 Å². The van der Waals surface area contributed by atoms with Gasteiger partial charge in [-0.15, -0.1) is 0 Å². The quantitative estimate of drug-likeness (QED) is 0.758. The van der Waals surface area contributed by atoms with Gasteiger partial charge < -0.3 is 14.6 Å². The molecule has 1 fully saturated rings. The maximum Gasteiger partial charge on any atom is 0.321 e. The van der Waals surface area contributed by atoms with Crippen LogP contribution in [0.15, 0.2) is 36.7 Å². The smallest absolute Gasteiger partial charge is 0.321 e. The van der Waals surface area contributed by atoms with E-state index in [0.717, 1.165) is 12.1 Å². The number of aliphatic hydroxyl groups excluding tert-OH is 1. The van der Waals surface area contributed by atoms with Crippen LogP contribution in [0, 0.1) is 5.82 Å². The molecule has 1 saturated heterocycles. The van der Waals surface area contributed by atoms with Gasteiger partial charge in [0.15, 0.2) is 11.6 Å². The van der Waals surface area contributed by atoms with Crippen molar-refractivity contribution in [3.63, 3.8) is 0 Å². The van der Waals surface area contributed by atoms with E-state index in [0.29, 0.717) is 19.7 Å². The van der Waals surface area contributed by atoms with Crippen LogP contribution in [-0.2, 0) is 11.3 Å². The van der Waals surface area contributed by atoms with Crippen LogP contribution in [0.3, 0.4) is 0 Å². The van der Waals surface area contributed by atoms with Gasteiger partial charge in [-0.2, -0.15) is 0 Å². The molecule has 8 heteroatoms. The Kier molecular flexibility index (Phi) is 5.87. The van der Waals surface area contributed by atoms with Crippen LogP contribution in [-0.4, -0.2) is 59.1 Å². The first-order chi connectivity index (χ1) is 12.2. The molecule has 1 aliphatic heterocycles. The lowest BCUT2D eigenvalue weighted by Crippen LogP contribution is -2.51. The number of ether oxygens (including phenoxy) is 2. The fraction of sp³-hybridized carbons (Fsp3) is 0.412. The normalized spacial score (nSPS) is 19.6. The van der Waals surface area contributed by atoms with Crippen molar-refractivity contribution in [3.05, 3.63) is 48.0 Å². The summed E-state index contributed by atoms with van der Waals surface area (Å²) in [6.45, 7) is 2.56. The predicted molar refractivity (Wildman–Crippen MR) is 88.6 cm³/mol. The average Bonchev–Trinajstić information content (AvgIpc) is 2.65. The lowest BCUT2D eigenvalue weighted by molar-refractivity contribution is -0.0979. The number of morpholine rings is 1. The van der Waals surface area contributed by atoms with Crippen molar-refractivity contribution < 1.29 is 19.0 Å². The number of aliphatic hydroxyl groups is 1. The number of likely N-dealkylation sites (N-methyl/N-ethyl adjacent to an activating group) is 1. The zero-order chi connectivity index (χ0) is 17.6. The lowest BCUT2D eigenvalue weighted by atomic mass is 10.2. The second kappa shape index (κ2) is 8.30. The number of benzene rings is 1. The van der Waals surface area contributed by atoms with Crippen LogP contribution in [0.2, 0.25) is 0 Å². The number of nitrogens with one attached hydrogen (secondary N) is 1. The molecule has 2 heterocycles. The molecule has 2 atom stereocenters. The highest BCUT2D eigenvalue weighted by atomic mass is 19.1. The first-order valence-corrected chi connectivity index (χ1v) is 8.08. The van der Waals surface area contributed by atoms with Gasteiger partial charge >= 0.3 is 6.01 Å². The Morgan fingerprint density at radius 2 is 2.16 bits per heavy atom. The zero-order valence-electron chi connectivity index (χ0n) is 13.9. The van der Waals surface area contributed by atoms with Crippen LogP contribution in [0.5, 0.6) is 11.8 Å². The number of aromatic nitrogens is 2. The summed E-state index contributed by atoms with van der Waals surface area (Å²) >= 11 is 0. The Morgan fingerprint density at radius 1 is 1.40 bits per heavy atom. The highest BCUT2D eigenvalue weighted by Crippen LogP contribution is 2.21. The lowest BCUT2D eigenvalue weighted by Gasteiger charge is -2.34. The Hall–Kier alpha value is -2.13. The van der Waals surface area contributed by atoms with Gasteiger partial charge in [0.1, 0.15) is 12.3 Å². The Morgan fingerprint density at radius 3 is 2.88 bits per heavy atom. The van der Waals surface area contributed by atoms with Crippen molar-refractivity contribution in [2.75, 3.05) is 26.7 Å². The Bertz CT molecular complexity index is 686. The second-order valence-electron chi connectivity index (χ2n) is 5.78. The number of halogens is 1. The van der Waals surface area contributed by atoms with E-state index in [1.807, 2.05) is 0 Å². The van der Waals surface area contributed by atoms with E-state index in [2.05, 4.69) is 20.2 Å². The van der Waals surface area contributed by atoms with Crippen molar-refractivity contribution in [2.24, 2.45) is 0 Å². The molecule has 3 rings (SSSR count). The predicted octanol–water partition coefficient (Wildman–Crippen LogP) is 1.15. The molecule has 0 spiro atoms. The first kappa shape index (κ1) is 17.7. The molecule has 1 unspecified atom stereocenters. The van der Waals surface area contributed by atoms with Crippen LogP contribution in [0.25, 0.3) is 0 Å². The van der Waals surface area contributed by atoms with Gasteiger partial charge in [-0.05, 0) is 19.2 Å². The molecule has 25 heavy (non-hydrogen) atoms. The van der Waals surface area contributed by atoms with E-state index >= 15 is 0 Å². The maximum absolute atomic E-state index is 13.6. The summed E-state index contributed by atoms with van der Waals surface area (Å²) in [6.07, 6.45) is 2.34. The van der Waals surface area contributed by atoms with Crippen molar-refractivity contribution in [1.82, 2.24) is 20.2 Å². The molecular formula is C17H21FN4O3. The summed E-state index contributed by atoms with van der Waals surface area (Å²) < 4.78 is 24.5. The molecule has 0 amide bonds.